The molecular formula is C20H23BN2O3. The summed E-state index contributed by atoms with van der Waals surface area (Å²) in [6, 6.07) is 15.2. The number of hydrogen-bond acceptors (Lipinski definition) is 4. The predicted octanol–water partition coefficient (Wildman–Crippen LogP) is 3.31. The fraction of sp³-hybridized carbons (Fsp3) is 0.200. The molecule has 6 heteroatoms. The zero-order chi connectivity index (χ0) is 18.9. The number of hydrogen-bond donors (Lipinski definition) is 1. The summed E-state index contributed by atoms with van der Waals surface area (Å²) in [5.41, 5.74) is 2.80. The van der Waals surface area contributed by atoms with Crippen molar-refractivity contribution in [2.75, 3.05) is 19.1 Å². The highest BCUT2D eigenvalue weighted by Gasteiger charge is 2.26. The van der Waals surface area contributed by atoms with Gasteiger partial charge < -0.3 is 14.3 Å². The van der Waals surface area contributed by atoms with Crippen LogP contribution in [0.4, 0.5) is 5.69 Å². The van der Waals surface area contributed by atoms with Crippen molar-refractivity contribution >= 4 is 31.6 Å². The van der Waals surface area contributed by atoms with Gasteiger partial charge in [-0.25, -0.2) is 0 Å². The molecule has 0 aliphatic carbocycles. The van der Waals surface area contributed by atoms with Gasteiger partial charge in [0.15, 0.2) is 0 Å². The second-order valence-electron chi connectivity index (χ2n) is 5.90. The van der Waals surface area contributed by atoms with Crippen molar-refractivity contribution in [1.82, 2.24) is 0 Å². The lowest BCUT2D eigenvalue weighted by Crippen LogP contribution is -2.34. The summed E-state index contributed by atoms with van der Waals surface area (Å²) in [5, 5.41) is 7.10. The second kappa shape index (κ2) is 9.46. The molecule has 0 heterocycles. The van der Waals surface area contributed by atoms with Gasteiger partial charge in [-0.1, -0.05) is 36.9 Å². The predicted molar refractivity (Wildman–Crippen MR) is 107 cm³/mol. The number of benzene rings is 2. The zero-order valence-corrected chi connectivity index (χ0v) is 15.1. The molecule has 0 saturated heterocycles. The van der Waals surface area contributed by atoms with E-state index in [1.807, 2.05) is 48.5 Å². The van der Waals surface area contributed by atoms with Crippen LogP contribution in [0.5, 0.6) is 5.75 Å². The number of nitrogens with zero attached hydrogens (tertiary/aromatic N) is 1. The number of anilines is 1. The SMILES string of the molecule is C=Cc1cccc(C[C@H](BOC=N)C(=O)N(C)c2ccc(OC)cc2)c1. The van der Waals surface area contributed by atoms with Crippen molar-refractivity contribution in [3.63, 3.8) is 0 Å². The standard InChI is InChI=1S/C20H23BN2O3/c1-4-15-6-5-7-16(12-15)13-19(21-26-14-22)20(24)23(2)17-8-10-18(25-3)11-9-17/h4-12,14,19,21-22H,1,13H2,2-3H3/t19-/m0/s1. The number of amides is 1. The Balaban J connectivity index is 2.18. The summed E-state index contributed by atoms with van der Waals surface area (Å²) in [6.45, 7) is 3.78. The van der Waals surface area contributed by atoms with Crippen molar-refractivity contribution in [2.45, 2.75) is 12.2 Å². The van der Waals surface area contributed by atoms with Crippen LogP contribution < -0.4 is 9.64 Å². The highest BCUT2D eigenvalue weighted by atomic mass is 16.5. The number of ether oxygens (including phenoxy) is 1. The van der Waals surface area contributed by atoms with E-state index >= 15 is 0 Å². The van der Waals surface area contributed by atoms with Crippen molar-refractivity contribution in [1.29, 1.82) is 5.41 Å². The largest absolute Gasteiger partial charge is 0.556 e. The van der Waals surface area contributed by atoms with Crippen molar-refractivity contribution in [3.05, 3.63) is 66.2 Å². The lowest BCUT2D eigenvalue weighted by atomic mass is 9.74. The molecule has 0 aliphatic heterocycles. The van der Waals surface area contributed by atoms with Gasteiger partial charge in [0.2, 0.25) is 5.91 Å². The molecule has 1 N–H and O–H groups in total. The van der Waals surface area contributed by atoms with E-state index in [9.17, 15) is 4.79 Å². The van der Waals surface area contributed by atoms with Crippen LogP contribution in [-0.2, 0) is 15.9 Å². The molecule has 26 heavy (non-hydrogen) atoms. The normalized spacial score (nSPS) is 11.2. The molecule has 0 radical (unpaired) electrons. The molecule has 0 bridgehead atoms. The summed E-state index contributed by atoms with van der Waals surface area (Å²) in [7, 11) is 3.49. The first-order valence-electron chi connectivity index (χ1n) is 8.32. The number of methoxy groups -OCH3 is 1. The summed E-state index contributed by atoms with van der Waals surface area (Å²) < 4.78 is 10.3. The topological polar surface area (TPSA) is 62.6 Å². The Morgan fingerprint density at radius 1 is 1.31 bits per heavy atom. The van der Waals surface area contributed by atoms with E-state index in [-0.39, 0.29) is 13.4 Å². The maximum Gasteiger partial charge on any atom is 0.354 e. The quantitative estimate of drug-likeness (QED) is 0.429. The van der Waals surface area contributed by atoms with E-state index in [4.69, 9.17) is 14.8 Å². The molecule has 0 saturated carbocycles. The first kappa shape index (κ1) is 19.3. The van der Waals surface area contributed by atoms with Crippen LogP contribution in [0.25, 0.3) is 6.08 Å². The summed E-state index contributed by atoms with van der Waals surface area (Å²) in [4.78, 5) is 14.6. The molecule has 0 unspecified atom stereocenters. The first-order chi connectivity index (χ1) is 12.6. The van der Waals surface area contributed by atoms with Gasteiger partial charge in [0.25, 0.3) is 0 Å². The Morgan fingerprint density at radius 3 is 2.65 bits per heavy atom. The average molecular weight is 350 g/mol. The minimum atomic E-state index is -0.399. The number of nitrogens with one attached hydrogen (secondary N) is 1. The first-order valence-corrected chi connectivity index (χ1v) is 8.32. The number of rotatable bonds is 9. The molecule has 0 spiro atoms. The highest BCUT2D eigenvalue weighted by molar-refractivity contribution is 6.40. The Kier molecular flexibility index (Phi) is 7.03. The molecule has 1 atom stereocenters. The molecule has 0 aliphatic rings. The zero-order valence-electron chi connectivity index (χ0n) is 15.1. The monoisotopic (exact) mass is 350 g/mol. The third-order valence-electron chi connectivity index (χ3n) is 4.19. The molecule has 0 aromatic heterocycles. The number of carbonyl (C=O) groups is 1. The average Bonchev–Trinajstić information content (AvgIpc) is 2.70. The van der Waals surface area contributed by atoms with Crippen molar-refractivity contribution in [2.24, 2.45) is 0 Å². The van der Waals surface area contributed by atoms with E-state index in [1.165, 1.54) is 0 Å². The van der Waals surface area contributed by atoms with Crippen molar-refractivity contribution < 1.29 is 14.2 Å². The van der Waals surface area contributed by atoms with E-state index in [2.05, 4.69) is 6.58 Å². The molecule has 0 fully saturated rings. The smallest absolute Gasteiger partial charge is 0.354 e. The highest BCUT2D eigenvalue weighted by Crippen LogP contribution is 2.23. The van der Waals surface area contributed by atoms with Gasteiger partial charge >= 0.3 is 7.48 Å². The fourth-order valence-corrected chi connectivity index (χ4v) is 2.72. The van der Waals surface area contributed by atoms with E-state index < -0.39 is 5.82 Å². The third-order valence-corrected chi connectivity index (χ3v) is 4.19. The third kappa shape index (κ3) is 4.99. The van der Waals surface area contributed by atoms with Gasteiger partial charge in [-0.3, -0.25) is 10.2 Å². The van der Waals surface area contributed by atoms with Crippen LogP contribution in [0.2, 0.25) is 5.82 Å². The van der Waals surface area contributed by atoms with E-state index in [0.29, 0.717) is 6.42 Å². The summed E-state index contributed by atoms with van der Waals surface area (Å²) in [5.74, 6) is 0.268. The van der Waals surface area contributed by atoms with Gasteiger partial charge in [-0.05, 0) is 41.8 Å². The van der Waals surface area contributed by atoms with Crippen LogP contribution in [0.15, 0.2) is 55.1 Å². The molecule has 1 amide bonds. The minimum Gasteiger partial charge on any atom is -0.556 e. The van der Waals surface area contributed by atoms with Crippen molar-refractivity contribution in [3.8, 4) is 5.75 Å². The summed E-state index contributed by atoms with van der Waals surface area (Å²) >= 11 is 0. The Morgan fingerprint density at radius 2 is 2.04 bits per heavy atom. The van der Waals surface area contributed by atoms with Crippen LogP contribution in [0, 0.1) is 5.41 Å². The van der Waals surface area contributed by atoms with Crippen LogP contribution in [0.3, 0.4) is 0 Å². The molecule has 2 rings (SSSR count). The molecule has 2 aromatic rings. The van der Waals surface area contributed by atoms with E-state index in [0.717, 1.165) is 29.0 Å². The molecule has 5 nitrogen and oxygen atoms in total. The summed E-state index contributed by atoms with van der Waals surface area (Å²) in [6.07, 6.45) is 3.17. The van der Waals surface area contributed by atoms with Gasteiger partial charge in [0.1, 0.15) is 12.2 Å². The van der Waals surface area contributed by atoms with E-state index in [1.54, 1.807) is 25.1 Å². The lowest BCUT2D eigenvalue weighted by Gasteiger charge is -2.23. The lowest BCUT2D eigenvalue weighted by molar-refractivity contribution is -0.118. The maximum atomic E-state index is 13.0. The van der Waals surface area contributed by atoms with Crippen LogP contribution in [-0.4, -0.2) is 33.9 Å². The molecule has 2 aromatic carbocycles. The molecule has 134 valence electrons. The van der Waals surface area contributed by atoms with Gasteiger partial charge in [0, 0.05) is 12.7 Å². The minimum absolute atomic E-state index is 0.0685. The van der Waals surface area contributed by atoms with Gasteiger partial charge in [0.05, 0.1) is 12.9 Å². The fourth-order valence-electron chi connectivity index (χ4n) is 2.72. The van der Waals surface area contributed by atoms with Crippen LogP contribution >= 0.6 is 0 Å². The Hall–Kier alpha value is -3.02. The van der Waals surface area contributed by atoms with Crippen LogP contribution in [0.1, 0.15) is 11.1 Å². The Labute approximate surface area is 155 Å². The number of carbonyl (C=O) groups excluding carboxylic acids is 1. The van der Waals surface area contributed by atoms with Gasteiger partial charge in [-0.2, -0.15) is 0 Å². The maximum absolute atomic E-state index is 13.0. The van der Waals surface area contributed by atoms with Gasteiger partial charge in [-0.15, -0.1) is 0 Å². The Bertz CT molecular complexity index is 762. The second-order valence-corrected chi connectivity index (χ2v) is 5.90. The molecular weight excluding hydrogens is 327 g/mol.